The second-order valence-corrected chi connectivity index (χ2v) is 5.33. The molecule has 0 spiro atoms. The molecule has 0 aromatic heterocycles. The van der Waals surface area contributed by atoms with Crippen LogP contribution >= 0.6 is 0 Å². The molecule has 124 valence electrons. The molecule has 3 rings (SSSR count). The Morgan fingerprint density at radius 3 is 2.58 bits per heavy atom. The summed E-state index contributed by atoms with van der Waals surface area (Å²) in [7, 11) is 0. The summed E-state index contributed by atoms with van der Waals surface area (Å²) in [6, 6.07) is 16.5. The van der Waals surface area contributed by atoms with Crippen LogP contribution < -0.4 is 10.2 Å². The first-order chi connectivity index (χ1) is 11.7. The van der Waals surface area contributed by atoms with Crippen molar-refractivity contribution in [2.45, 2.75) is 6.61 Å². The number of nitrogens with zero attached hydrogens (tertiary/aromatic N) is 1. The number of ether oxygens (including phenoxy) is 2. The standard InChI is InChI=1S/C18H18N2O4/c21-17-13-23-11-10-20(17)16-8-6-15(7-9-16)19-18(22)24-12-14-4-2-1-3-5-14/h1-9H,10-13H2,(H,19,22). The van der Waals surface area contributed by atoms with E-state index in [1.54, 1.807) is 29.2 Å². The van der Waals surface area contributed by atoms with Crippen LogP contribution in [-0.2, 0) is 20.9 Å². The van der Waals surface area contributed by atoms with Gasteiger partial charge in [0.1, 0.15) is 13.2 Å². The first kappa shape index (κ1) is 16.0. The van der Waals surface area contributed by atoms with Crippen LogP contribution in [-0.4, -0.2) is 31.8 Å². The Hall–Kier alpha value is -2.86. The Morgan fingerprint density at radius 2 is 1.88 bits per heavy atom. The lowest BCUT2D eigenvalue weighted by Gasteiger charge is -2.26. The number of rotatable bonds is 4. The smallest absolute Gasteiger partial charge is 0.411 e. The Bertz CT molecular complexity index is 701. The predicted octanol–water partition coefficient (Wildman–Crippen LogP) is 2.80. The van der Waals surface area contributed by atoms with E-state index < -0.39 is 6.09 Å². The van der Waals surface area contributed by atoms with Crippen molar-refractivity contribution in [3.8, 4) is 0 Å². The summed E-state index contributed by atoms with van der Waals surface area (Å²) in [5.41, 5.74) is 2.32. The maximum absolute atomic E-state index is 11.8. The van der Waals surface area contributed by atoms with Gasteiger partial charge in [-0.3, -0.25) is 10.1 Å². The zero-order valence-electron chi connectivity index (χ0n) is 13.1. The van der Waals surface area contributed by atoms with Crippen molar-refractivity contribution in [1.29, 1.82) is 0 Å². The summed E-state index contributed by atoms with van der Waals surface area (Å²) < 4.78 is 10.3. The average Bonchev–Trinajstić information content (AvgIpc) is 2.62. The number of amides is 2. The topological polar surface area (TPSA) is 67.9 Å². The highest BCUT2D eigenvalue weighted by molar-refractivity contribution is 5.95. The van der Waals surface area contributed by atoms with Gasteiger partial charge in [0.05, 0.1) is 6.61 Å². The molecule has 1 fully saturated rings. The third-order valence-corrected chi connectivity index (χ3v) is 3.62. The molecule has 2 aromatic rings. The second kappa shape index (κ2) is 7.61. The van der Waals surface area contributed by atoms with Crippen molar-refractivity contribution in [3.05, 3.63) is 60.2 Å². The maximum Gasteiger partial charge on any atom is 0.411 e. The van der Waals surface area contributed by atoms with Gasteiger partial charge in [0, 0.05) is 17.9 Å². The molecule has 6 nitrogen and oxygen atoms in total. The molecule has 1 aliphatic heterocycles. The zero-order valence-corrected chi connectivity index (χ0v) is 13.1. The molecule has 6 heteroatoms. The molecule has 1 aliphatic rings. The Labute approximate surface area is 140 Å². The summed E-state index contributed by atoms with van der Waals surface area (Å²) in [4.78, 5) is 25.3. The van der Waals surface area contributed by atoms with Gasteiger partial charge in [-0.2, -0.15) is 0 Å². The van der Waals surface area contributed by atoms with Crippen molar-refractivity contribution in [1.82, 2.24) is 0 Å². The third kappa shape index (κ3) is 4.11. The van der Waals surface area contributed by atoms with E-state index in [1.165, 1.54) is 0 Å². The van der Waals surface area contributed by atoms with Crippen molar-refractivity contribution in [2.24, 2.45) is 0 Å². The summed E-state index contributed by atoms with van der Waals surface area (Å²) in [5.74, 6) is -0.0655. The summed E-state index contributed by atoms with van der Waals surface area (Å²) >= 11 is 0. The van der Waals surface area contributed by atoms with Gasteiger partial charge in [-0.15, -0.1) is 0 Å². The molecule has 2 aromatic carbocycles. The number of morpholine rings is 1. The van der Waals surface area contributed by atoms with Gasteiger partial charge in [-0.25, -0.2) is 4.79 Å². The van der Waals surface area contributed by atoms with Crippen molar-refractivity contribution < 1.29 is 19.1 Å². The summed E-state index contributed by atoms with van der Waals surface area (Å²) in [6.07, 6.45) is -0.519. The molecule has 1 N–H and O–H groups in total. The third-order valence-electron chi connectivity index (χ3n) is 3.62. The lowest BCUT2D eigenvalue weighted by Crippen LogP contribution is -2.41. The molecular weight excluding hydrogens is 308 g/mol. The number of anilines is 2. The molecule has 0 radical (unpaired) electrons. The lowest BCUT2D eigenvalue weighted by molar-refractivity contribution is -0.125. The minimum absolute atomic E-state index is 0.0655. The van der Waals surface area contributed by atoms with Crippen LogP contribution in [0, 0.1) is 0 Å². The number of nitrogens with one attached hydrogen (secondary N) is 1. The fourth-order valence-electron chi connectivity index (χ4n) is 2.39. The molecule has 0 bridgehead atoms. The average molecular weight is 326 g/mol. The lowest BCUT2D eigenvalue weighted by atomic mass is 10.2. The van der Waals surface area contributed by atoms with Gasteiger partial charge in [-0.05, 0) is 29.8 Å². The van der Waals surface area contributed by atoms with Crippen LogP contribution in [0.3, 0.4) is 0 Å². The van der Waals surface area contributed by atoms with Gasteiger partial charge >= 0.3 is 6.09 Å². The van der Waals surface area contributed by atoms with Crippen LogP contribution in [0.4, 0.5) is 16.2 Å². The highest BCUT2D eigenvalue weighted by Crippen LogP contribution is 2.19. The van der Waals surface area contributed by atoms with E-state index >= 15 is 0 Å². The minimum atomic E-state index is -0.519. The minimum Gasteiger partial charge on any atom is -0.444 e. The SMILES string of the molecule is O=C(Nc1ccc(N2CCOCC2=O)cc1)OCc1ccccc1. The molecule has 0 atom stereocenters. The predicted molar refractivity (Wildman–Crippen MR) is 89.9 cm³/mol. The van der Waals surface area contributed by atoms with E-state index in [9.17, 15) is 9.59 Å². The van der Waals surface area contributed by atoms with Crippen LogP contribution in [0.2, 0.25) is 0 Å². The van der Waals surface area contributed by atoms with Gasteiger partial charge in [0.2, 0.25) is 0 Å². The van der Waals surface area contributed by atoms with Crippen molar-refractivity contribution >= 4 is 23.4 Å². The van der Waals surface area contributed by atoms with E-state index in [2.05, 4.69) is 5.32 Å². The monoisotopic (exact) mass is 326 g/mol. The van der Waals surface area contributed by atoms with Crippen LogP contribution in [0.5, 0.6) is 0 Å². The molecule has 2 amide bonds. The highest BCUT2D eigenvalue weighted by atomic mass is 16.5. The molecule has 24 heavy (non-hydrogen) atoms. The van der Waals surface area contributed by atoms with Crippen molar-refractivity contribution in [3.63, 3.8) is 0 Å². The normalized spacial score (nSPS) is 14.3. The first-order valence-corrected chi connectivity index (χ1v) is 7.68. The Balaban J connectivity index is 1.54. The van der Waals surface area contributed by atoms with Crippen molar-refractivity contribution in [2.75, 3.05) is 30.0 Å². The number of carbonyl (C=O) groups excluding carboxylic acids is 2. The zero-order chi connectivity index (χ0) is 16.8. The molecule has 1 heterocycles. The number of carbonyl (C=O) groups is 2. The second-order valence-electron chi connectivity index (χ2n) is 5.33. The number of hydrogen-bond donors (Lipinski definition) is 1. The van der Waals surface area contributed by atoms with E-state index in [-0.39, 0.29) is 19.1 Å². The van der Waals surface area contributed by atoms with E-state index in [0.29, 0.717) is 18.8 Å². The highest BCUT2D eigenvalue weighted by Gasteiger charge is 2.19. The van der Waals surface area contributed by atoms with Gasteiger partial charge < -0.3 is 14.4 Å². The first-order valence-electron chi connectivity index (χ1n) is 7.68. The van der Waals surface area contributed by atoms with E-state index in [1.807, 2.05) is 30.3 Å². The fraction of sp³-hybridized carbons (Fsp3) is 0.222. The number of hydrogen-bond acceptors (Lipinski definition) is 4. The van der Waals surface area contributed by atoms with Gasteiger partial charge in [0.15, 0.2) is 0 Å². The molecule has 0 aliphatic carbocycles. The van der Waals surface area contributed by atoms with E-state index in [0.717, 1.165) is 11.3 Å². The Morgan fingerprint density at radius 1 is 1.12 bits per heavy atom. The Kier molecular flexibility index (Phi) is 5.08. The van der Waals surface area contributed by atoms with Crippen LogP contribution in [0.1, 0.15) is 5.56 Å². The summed E-state index contributed by atoms with van der Waals surface area (Å²) in [6.45, 7) is 1.38. The molecule has 0 unspecified atom stereocenters. The largest absolute Gasteiger partial charge is 0.444 e. The van der Waals surface area contributed by atoms with Gasteiger partial charge in [-0.1, -0.05) is 30.3 Å². The van der Waals surface area contributed by atoms with Crippen LogP contribution in [0.25, 0.3) is 0 Å². The maximum atomic E-state index is 11.8. The summed E-state index contributed by atoms with van der Waals surface area (Å²) in [5, 5.41) is 2.66. The number of benzene rings is 2. The molecule has 0 saturated carbocycles. The van der Waals surface area contributed by atoms with E-state index in [4.69, 9.17) is 9.47 Å². The molecular formula is C18H18N2O4. The quantitative estimate of drug-likeness (QED) is 0.938. The van der Waals surface area contributed by atoms with Crippen LogP contribution in [0.15, 0.2) is 54.6 Å². The molecule has 1 saturated heterocycles. The van der Waals surface area contributed by atoms with Gasteiger partial charge in [0.25, 0.3) is 5.91 Å². The fourth-order valence-corrected chi connectivity index (χ4v) is 2.39.